The van der Waals surface area contributed by atoms with Crippen LogP contribution in [0.15, 0.2) is 54.6 Å². The number of carboxylic acids is 2. The highest BCUT2D eigenvalue weighted by atomic mass is 16.4. The van der Waals surface area contributed by atoms with Crippen LogP contribution in [0.4, 0.5) is 4.79 Å². The average Bonchev–Trinajstić information content (AvgIpc) is 3.25. The number of aliphatic carboxylic acids is 2. The van der Waals surface area contributed by atoms with E-state index in [0.717, 1.165) is 16.7 Å². The smallest absolute Gasteiger partial charge is 0.317 e. The van der Waals surface area contributed by atoms with Gasteiger partial charge in [-0.2, -0.15) is 0 Å². The van der Waals surface area contributed by atoms with Gasteiger partial charge in [-0.05, 0) is 36.0 Å². The van der Waals surface area contributed by atoms with Crippen molar-refractivity contribution < 1.29 is 24.6 Å². The first-order valence-electron chi connectivity index (χ1n) is 10.5. The van der Waals surface area contributed by atoms with Crippen LogP contribution in [-0.2, 0) is 16.0 Å². The van der Waals surface area contributed by atoms with Crippen molar-refractivity contribution in [3.8, 4) is 11.1 Å². The van der Waals surface area contributed by atoms with Crippen molar-refractivity contribution in [2.24, 2.45) is 11.8 Å². The zero-order chi connectivity index (χ0) is 22.4. The van der Waals surface area contributed by atoms with Crippen LogP contribution in [0.2, 0.25) is 0 Å². The monoisotopic (exact) mass is 424 g/mol. The maximum atomic E-state index is 12.7. The molecule has 0 spiro atoms. The van der Waals surface area contributed by atoms with Gasteiger partial charge in [0, 0.05) is 19.1 Å². The summed E-state index contributed by atoms with van der Waals surface area (Å²) >= 11 is 0. The van der Waals surface area contributed by atoms with Crippen molar-refractivity contribution >= 4 is 18.0 Å². The Morgan fingerprint density at radius 2 is 1.68 bits per heavy atom. The molecule has 164 valence electrons. The van der Waals surface area contributed by atoms with Crippen molar-refractivity contribution in [1.29, 1.82) is 0 Å². The average molecular weight is 424 g/mol. The lowest BCUT2D eigenvalue weighted by Gasteiger charge is -2.25. The largest absolute Gasteiger partial charge is 0.481 e. The molecule has 2 aromatic rings. The van der Waals surface area contributed by atoms with Crippen molar-refractivity contribution in [3.05, 3.63) is 60.2 Å². The summed E-state index contributed by atoms with van der Waals surface area (Å²) in [7, 11) is 0. The van der Waals surface area contributed by atoms with Gasteiger partial charge in [-0.3, -0.25) is 9.59 Å². The summed E-state index contributed by atoms with van der Waals surface area (Å²) in [5.41, 5.74) is 3.19. The van der Waals surface area contributed by atoms with Gasteiger partial charge < -0.3 is 20.4 Å². The molecule has 2 unspecified atom stereocenters. The van der Waals surface area contributed by atoms with E-state index >= 15 is 0 Å². The van der Waals surface area contributed by atoms with Crippen LogP contribution in [-0.4, -0.2) is 52.2 Å². The summed E-state index contributed by atoms with van der Waals surface area (Å²) in [6.07, 6.45) is 1.21. The van der Waals surface area contributed by atoms with E-state index in [0.29, 0.717) is 19.4 Å². The Morgan fingerprint density at radius 3 is 2.26 bits per heavy atom. The third-order valence-electron chi connectivity index (χ3n) is 5.76. The lowest BCUT2D eigenvalue weighted by molar-refractivity contribution is -0.142. The van der Waals surface area contributed by atoms with Gasteiger partial charge in [0.2, 0.25) is 0 Å². The molecule has 1 saturated heterocycles. The second-order valence-corrected chi connectivity index (χ2v) is 8.16. The number of benzene rings is 2. The van der Waals surface area contributed by atoms with Gasteiger partial charge in [-0.1, -0.05) is 61.5 Å². The molecule has 0 radical (unpaired) electrons. The van der Waals surface area contributed by atoms with Crippen molar-refractivity contribution in [2.45, 2.75) is 32.2 Å². The minimum absolute atomic E-state index is 0.175. The Balaban J connectivity index is 1.68. The van der Waals surface area contributed by atoms with Gasteiger partial charge >= 0.3 is 18.0 Å². The van der Waals surface area contributed by atoms with E-state index in [-0.39, 0.29) is 25.0 Å². The molecule has 0 saturated carbocycles. The summed E-state index contributed by atoms with van der Waals surface area (Å²) in [4.78, 5) is 36.7. The van der Waals surface area contributed by atoms with Crippen LogP contribution in [0.5, 0.6) is 0 Å². The van der Waals surface area contributed by atoms with E-state index in [1.807, 2.05) is 54.6 Å². The molecule has 1 fully saturated rings. The Morgan fingerprint density at radius 1 is 1.03 bits per heavy atom. The molecule has 1 aliphatic rings. The fraction of sp³-hybridized carbons (Fsp3) is 0.375. The van der Waals surface area contributed by atoms with Gasteiger partial charge in [-0.15, -0.1) is 0 Å². The Bertz CT molecular complexity index is 913. The number of carbonyl (C=O) groups excluding carboxylic acids is 1. The van der Waals surface area contributed by atoms with Gasteiger partial charge in [0.15, 0.2) is 0 Å². The number of nitrogens with one attached hydrogen (secondary N) is 1. The SMILES string of the molecule is C[C@H](CC(Cc1ccc(-c2ccccc2)cc1)NC(=O)N1CCC(C(=O)O)C1)C(=O)O. The fourth-order valence-corrected chi connectivity index (χ4v) is 3.88. The number of amides is 2. The Labute approximate surface area is 181 Å². The molecule has 2 amide bonds. The minimum atomic E-state index is -0.911. The molecule has 1 aliphatic heterocycles. The summed E-state index contributed by atoms with van der Waals surface area (Å²) in [5.74, 6) is -2.97. The quantitative estimate of drug-likeness (QED) is 0.601. The molecule has 31 heavy (non-hydrogen) atoms. The lowest BCUT2D eigenvalue weighted by atomic mass is 9.95. The van der Waals surface area contributed by atoms with Gasteiger partial charge in [0.25, 0.3) is 0 Å². The number of nitrogens with zero attached hydrogens (tertiary/aromatic N) is 1. The molecule has 3 atom stereocenters. The molecular weight excluding hydrogens is 396 g/mol. The number of carboxylic acid groups (broad SMARTS) is 2. The molecule has 0 aliphatic carbocycles. The number of carbonyl (C=O) groups is 3. The molecule has 3 N–H and O–H groups in total. The van der Waals surface area contributed by atoms with Crippen LogP contribution in [0.25, 0.3) is 11.1 Å². The Kier molecular flexibility index (Phi) is 7.28. The van der Waals surface area contributed by atoms with Crippen LogP contribution < -0.4 is 5.32 Å². The fourth-order valence-electron chi connectivity index (χ4n) is 3.88. The third kappa shape index (κ3) is 6.07. The number of hydrogen-bond acceptors (Lipinski definition) is 3. The topological polar surface area (TPSA) is 107 Å². The third-order valence-corrected chi connectivity index (χ3v) is 5.76. The second-order valence-electron chi connectivity index (χ2n) is 8.16. The van der Waals surface area contributed by atoms with E-state index < -0.39 is 23.8 Å². The second kappa shape index (κ2) is 10.1. The van der Waals surface area contributed by atoms with Crippen LogP contribution >= 0.6 is 0 Å². The maximum Gasteiger partial charge on any atom is 0.317 e. The molecule has 7 heteroatoms. The molecule has 0 bridgehead atoms. The predicted octanol–water partition coefficient (Wildman–Crippen LogP) is 3.49. The molecule has 1 heterocycles. The summed E-state index contributed by atoms with van der Waals surface area (Å²) in [5, 5.41) is 21.4. The first-order valence-corrected chi connectivity index (χ1v) is 10.5. The van der Waals surface area contributed by atoms with E-state index in [9.17, 15) is 19.5 Å². The highest BCUT2D eigenvalue weighted by molar-refractivity contribution is 5.78. The van der Waals surface area contributed by atoms with Crippen molar-refractivity contribution in [3.63, 3.8) is 0 Å². The summed E-state index contributed by atoms with van der Waals surface area (Å²) in [6.45, 7) is 2.18. The van der Waals surface area contributed by atoms with E-state index in [1.54, 1.807) is 6.92 Å². The van der Waals surface area contributed by atoms with Crippen LogP contribution in [0.1, 0.15) is 25.3 Å². The first kappa shape index (κ1) is 22.3. The summed E-state index contributed by atoms with van der Waals surface area (Å²) in [6, 6.07) is 17.3. The van der Waals surface area contributed by atoms with Crippen LogP contribution in [0, 0.1) is 11.8 Å². The minimum Gasteiger partial charge on any atom is -0.481 e. The standard InChI is InChI=1S/C24H28N2O5/c1-16(22(27)28)13-21(25-24(31)26-12-11-20(15-26)23(29)30)14-17-7-9-19(10-8-17)18-5-3-2-4-6-18/h2-10,16,20-21H,11-15H2,1H3,(H,25,31)(H,27,28)(H,29,30)/t16-,20?,21?/m1/s1. The zero-order valence-electron chi connectivity index (χ0n) is 17.5. The first-order chi connectivity index (χ1) is 14.8. The highest BCUT2D eigenvalue weighted by Gasteiger charge is 2.32. The number of hydrogen-bond donors (Lipinski definition) is 3. The number of likely N-dealkylation sites (tertiary alicyclic amines) is 1. The zero-order valence-corrected chi connectivity index (χ0v) is 17.5. The van der Waals surface area contributed by atoms with E-state index in [1.165, 1.54) is 4.90 Å². The molecule has 7 nitrogen and oxygen atoms in total. The lowest BCUT2D eigenvalue weighted by Crippen LogP contribution is -2.46. The van der Waals surface area contributed by atoms with Crippen molar-refractivity contribution in [1.82, 2.24) is 10.2 Å². The van der Waals surface area contributed by atoms with Gasteiger partial charge in [-0.25, -0.2) is 4.79 Å². The Hall–Kier alpha value is -3.35. The molecular formula is C24H28N2O5. The molecule has 3 rings (SSSR count). The van der Waals surface area contributed by atoms with Gasteiger partial charge in [0.05, 0.1) is 11.8 Å². The molecule has 0 aromatic heterocycles. The van der Waals surface area contributed by atoms with E-state index in [4.69, 9.17) is 5.11 Å². The van der Waals surface area contributed by atoms with Crippen molar-refractivity contribution in [2.75, 3.05) is 13.1 Å². The summed E-state index contributed by atoms with van der Waals surface area (Å²) < 4.78 is 0. The number of rotatable bonds is 8. The normalized spacial score (nSPS) is 17.7. The van der Waals surface area contributed by atoms with E-state index in [2.05, 4.69) is 5.32 Å². The van der Waals surface area contributed by atoms with Gasteiger partial charge in [0.1, 0.15) is 0 Å². The maximum absolute atomic E-state index is 12.7. The van der Waals surface area contributed by atoms with Crippen LogP contribution in [0.3, 0.4) is 0 Å². The molecule has 2 aromatic carbocycles. The highest BCUT2D eigenvalue weighted by Crippen LogP contribution is 2.21. The predicted molar refractivity (Wildman–Crippen MR) is 117 cm³/mol. The number of urea groups is 1.